The first-order valence-electron chi connectivity index (χ1n) is 6.72. The lowest BCUT2D eigenvalue weighted by atomic mass is 10.1. The van der Waals surface area contributed by atoms with Gasteiger partial charge in [0.15, 0.2) is 0 Å². The SMILES string of the molecule is COCCN(C1CC1)S(=O)(=O)c1cc(C(=O)O)ccc1C. The fourth-order valence-electron chi connectivity index (χ4n) is 2.18. The zero-order valence-electron chi connectivity index (χ0n) is 12.1. The molecular weight excluding hydrogens is 294 g/mol. The minimum Gasteiger partial charge on any atom is -0.478 e. The van der Waals surface area contributed by atoms with Crippen LogP contribution in [0, 0.1) is 6.92 Å². The minimum absolute atomic E-state index is 0.00182. The number of carbonyl (C=O) groups is 1. The number of methoxy groups -OCH3 is 1. The molecule has 0 saturated heterocycles. The second-order valence-electron chi connectivity index (χ2n) is 5.13. The molecular formula is C14H19NO5S. The number of aromatic carboxylic acids is 1. The Kier molecular flexibility index (Phi) is 4.65. The van der Waals surface area contributed by atoms with Crippen LogP contribution in [0.15, 0.2) is 23.1 Å². The van der Waals surface area contributed by atoms with Gasteiger partial charge in [-0.2, -0.15) is 4.31 Å². The molecule has 0 radical (unpaired) electrons. The normalized spacial score (nSPS) is 15.4. The van der Waals surface area contributed by atoms with Crippen molar-refractivity contribution in [3.05, 3.63) is 29.3 Å². The molecule has 1 aliphatic rings. The molecule has 0 bridgehead atoms. The van der Waals surface area contributed by atoms with Gasteiger partial charge in [-0.3, -0.25) is 0 Å². The second kappa shape index (κ2) is 6.13. The third kappa shape index (κ3) is 3.42. The summed E-state index contributed by atoms with van der Waals surface area (Å²) in [5.41, 5.74) is 0.518. The van der Waals surface area contributed by atoms with Crippen molar-refractivity contribution in [1.29, 1.82) is 0 Å². The van der Waals surface area contributed by atoms with Crippen molar-refractivity contribution >= 4 is 16.0 Å². The number of ether oxygens (including phenoxy) is 1. The number of carboxylic acids is 1. The van der Waals surface area contributed by atoms with E-state index in [1.54, 1.807) is 6.92 Å². The average molecular weight is 313 g/mol. The van der Waals surface area contributed by atoms with Gasteiger partial charge in [-0.1, -0.05) is 6.07 Å². The van der Waals surface area contributed by atoms with E-state index in [1.165, 1.54) is 29.6 Å². The minimum atomic E-state index is -3.71. The summed E-state index contributed by atoms with van der Waals surface area (Å²) in [6, 6.07) is 4.17. The Labute approximate surface area is 124 Å². The van der Waals surface area contributed by atoms with E-state index in [4.69, 9.17) is 9.84 Å². The van der Waals surface area contributed by atoms with Crippen LogP contribution in [0.1, 0.15) is 28.8 Å². The molecule has 1 fully saturated rings. The van der Waals surface area contributed by atoms with E-state index >= 15 is 0 Å². The molecule has 116 valence electrons. The van der Waals surface area contributed by atoms with Crippen LogP contribution in [0.4, 0.5) is 0 Å². The second-order valence-corrected chi connectivity index (χ2v) is 6.98. The Hall–Kier alpha value is -1.44. The molecule has 0 heterocycles. The third-order valence-electron chi connectivity index (χ3n) is 3.49. The topological polar surface area (TPSA) is 83.9 Å². The Morgan fingerprint density at radius 3 is 2.62 bits per heavy atom. The van der Waals surface area contributed by atoms with Crippen LogP contribution in [-0.4, -0.2) is 50.1 Å². The largest absolute Gasteiger partial charge is 0.478 e. The highest BCUT2D eigenvalue weighted by Crippen LogP contribution is 2.33. The molecule has 0 unspecified atom stereocenters. The summed E-state index contributed by atoms with van der Waals surface area (Å²) >= 11 is 0. The first kappa shape index (κ1) is 15.9. The van der Waals surface area contributed by atoms with Gasteiger partial charge in [0, 0.05) is 19.7 Å². The highest BCUT2D eigenvalue weighted by atomic mass is 32.2. The van der Waals surface area contributed by atoms with Gasteiger partial charge in [-0.25, -0.2) is 13.2 Å². The van der Waals surface area contributed by atoms with E-state index in [0.717, 1.165) is 12.8 Å². The summed E-state index contributed by atoms with van der Waals surface area (Å²) in [6.07, 6.45) is 1.67. The maximum atomic E-state index is 12.8. The molecule has 1 aromatic carbocycles. The monoisotopic (exact) mass is 313 g/mol. The Morgan fingerprint density at radius 1 is 1.43 bits per heavy atom. The lowest BCUT2D eigenvalue weighted by Gasteiger charge is -2.22. The van der Waals surface area contributed by atoms with Gasteiger partial charge in [0.05, 0.1) is 17.1 Å². The summed E-state index contributed by atoms with van der Waals surface area (Å²) in [5.74, 6) is -1.14. The van der Waals surface area contributed by atoms with Crippen molar-refractivity contribution in [3.8, 4) is 0 Å². The molecule has 2 rings (SSSR count). The Balaban J connectivity index is 2.41. The van der Waals surface area contributed by atoms with Gasteiger partial charge in [0.25, 0.3) is 0 Å². The van der Waals surface area contributed by atoms with Gasteiger partial charge in [-0.15, -0.1) is 0 Å². The van der Waals surface area contributed by atoms with Gasteiger partial charge < -0.3 is 9.84 Å². The van der Waals surface area contributed by atoms with E-state index in [2.05, 4.69) is 0 Å². The van der Waals surface area contributed by atoms with Crippen LogP contribution >= 0.6 is 0 Å². The standard InChI is InChI=1S/C14H19NO5S/c1-10-3-4-11(14(16)17)9-13(10)21(18,19)15(7-8-20-2)12-5-6-12/h3-4,9,12H,5-8H2,1-2H3,(H,16,17). The Morgan fingerprint density at radius 2 is 2.10 bits per heavy atom. The summed E-state index contributed by atoms with van der Waals surface area (Å²) in [5, 5.41) is 9.04. The molecule has 7 heteroatoms. The Bertz CT molecular complexity index is 637. The number of sulfonamides is 1. The fraction of sp³-hybridized carbons (Fsp3) is 0.500. The maximum Gasteiger partial charge on any atom is 0.335 e. The van der Waals surface area contributed by atoms with Crippen LogP contribution < -0.4 is 0 Å². The first-order chi connectivity index (χ1) is 9.87. The molecule has 6 nitrogen and oxygen atoms in total. The zero-order chi connectivity index (χ0) is 15.6. The lowest BCUT2D eigenvalue weighted by molar-refractivity contribution is 0.0696. The van der Waals surface area contributed by atoms with Crippen LogP contribution in [0.5, 0.6) is 0 Å². The van der Waals surface area contributed by atoms with E-state index in [1.807, 2.05) is 0 Å². The molecule has 0 atom stereocenters. The average Bonchev–Trinajstić information content (AvgIpc) is 3.23. The number of carboxylic acid groups (broad SMARTS) is 1. The highest BCUT2D eigenvalue weighted by Gasteiger charge is 2.38. The third-order valence-corrected chi connectivity index (χ3v) is 5.59. The molecule has 0 aliphatic heterocycles. The van der Waals surface area contributed by atoms with E-state index in [-0.39, 0.29) is 23.0 Å². The van der Waals surface area contributed by atoms with Crippen LogP contribution in [0.25, 0.3) is 0 Å². The quantitative estimate of drug-likeness (QED) is 0.824. The van der Waals surface area contributed by atoms with Crippen molar-refractivity contribution in [2.75, 3.05) is 20.3 Å². The fourth-order valence-corrected chi connectivity index (χ4v) is 4.10. The van der Waals surface area contributed by atoms with Crippen LogP contribution in [0.2, 0.25) is 0 Å². The molecule has 1 N–H and O–H groups in total. The summed E-state index contributed by atoms with van der Waals surface area (Å²) in [7, 11) is -2.18. The molecule has 0 aromatic heterocycles. The lowest BCUT2D eigenvalue weighted by Crippen LogP contribution is -2.36. The maximum absolute atomic E-state index is 12.8. The van der Waals surface area contributed by atoms with E-state index in [9.17, 15) is 13.2 Å². The number of hydrogen-bond acceptors (Lipinski definition) is 4. The predicted octanol–water partition coefficient (Wildman–Crippen LogP) is 1.49. The molecule has 0 spiro atoms. The van der Waals surface area contributed by atoms with Gasteiger partial charge in [-0.05, 0) is 37.5 Å². The highest BCUT2D eigenvalue weighted by molar-refractivity contribution is 7.89. The van der Waals surface area contributed by atoms with Crippen molar-refractivity contribution in [2.24, 2.45) is 0 Å². The summed E-state index contributed by atoms with van der Waals surface area (Å²) < 4.78 is 32.0. The molecule has 1 aromatic rings. The number of nitrogens with zero attached hydrogens (tertiary/aromatic N) is 1. The van der Waals surface area contributed by atoms with E-state index < -0.39 is 16.0 Å². The predicted molar refractivity (Wildman–Crippen MR) is 76.9 cm³/mol. The van der Waals surface area contributed by atoms with Crippen LogP contribution in [0.3, 0.4) is 0 Å². The molecule has 0 amide bonds. The van der Waals surface area contributed by atoms with E-state index in [0.29, 0.717) is 12.2 Å². The molecule has 1 aliphatic carbocycles. The number of benzene rings is 1. The van der Waals surface area contributed by atoms with Gasteiger partial charge in [0.2, 0.25) is 10.0 Å². The molecule has 21 heavy (non-hydrogen) atoms. The van der Waals surface area contributed by atoms with Gasteiger partial charge >= 0.3 is 5.97 Å². The number of aryl methyl sites for hydroxylation is 1. The van der Waals surface area contributed by atoms with Crippen molar-refractivity contribution in [1.82, 2.24) is 4.31 Å². The van der Waals surface area contributed by atoms with Crippen molar-refractivity contribution < 1.29 is 23.1 Å². The van der Waals surface area contributed by atoms with Crippen LogP contribution in [-0.2, 0) is 14.8 Å². The zero-order valence-corrected chi connectivity index (χ0v) is 12.9. The van der Waals surface area contributed by atoms with Crippen molar-refractivity contribution in [3.63, 3.8) is 0 Å². The van der Waals surface area contributed by atoms with Crippen molar-refractivity contribution in [2.45, 2.75) is 30.7 Å². The summed E-state index contributed by atoms with van der Waals surface area (Å²) in [4.78, 5) is 11.1. The smallest absolute Gasteiger partial charge is 0.335 e. The van der Waals surface area contributed by atoms with Gasteiger partial charge in [0.1, 0.15) is 0 Å². The number of rotatable bonds is 7. The first-order valence-corrected chi connectivity index (χ1v) is 8.16. The molecule has 1 saturated carbocycles. The summed E-state index contributed by atoms with van der Waals surface area (Å²) in [6.45, 7) is 2.26. The number of hydrogen-bond donors (Lipinski definition) is 1.